The van der Waals surface area contributed by atoms with Gasteiger partial charge in [0.25, 0.3) is 0 Å². The fourth-order valence-corrected chi connectivity index (χ4v) is 4.38. The van der Waals surface area contributed by atoms with Crippen molar-refractivity contribution in [3.63, 3.8) is 0 Å². The van der Waals surface area contributed by atoms with Gasteiger partial charge in [0, 0.05) is 21.9 Å². The summed E-state index contributed by atoms with van der Waals surface area (Å²) < 4.78 is 81.4. The minimum absolute atomic E-state index is 0.229. The van der Waals surface area contributed by atoms with E-state index in [2.05, 4.69) is 10.2 Å². The highest BCUT2D eigenvalue weighted by Crippen LogP contribution is 2.38. The summed E-state index contributed by atoms with van der Waals surface area (Å²) in [5.74, 6) is 0.430. The molecule has 5 rings (SSSR count). The predicted octanol–water partition coefficient (Wildman–Crippen LogP) is 7.57. The number of halogens is 6. The molecule has 0 atom stereocenters. The molecule has 2 aromatic carbocycles. The van der Waals surface area contributed by atoms with Crippen LogP contribution in [0.3, 0.4) is 0 Å². The molecule has 36 heavy (non-hydrogen) atoms. The number of aromatic amines is 1. The SMILES string of the molecule is Cc1ccc2c(c1)c1cc(C(F)(F)F)ccc1n2-c1cccc(C(C)(C)c2cc(C(F)(F)F)n[nH]2)n1. The van der Waals surface area contributed by atoms with E-state index < -0.39 is 29.0 Å². The summed E-state index contributed by atoms with van der Waals surface area (Å²) in [7, 11) is 0. The van der Waals surface area contributed by atoms with Gasteiger partial charge in [-0.2, -0.15) is 31.4 Å². The quantitative estimate of drug-likeness (QED) is 0.259. The summed E-state index contributed by atoms with van der Waals surface area (Å²) in [5, 5.41) is 6.94. The Kier molecular flexibility index (Phi) is 5.21. The number of hydrogen-bond acceptors (Lipinski definition) is 2. The normalized spacial score (nSPS) is 13.1. The third kappa shape index (κ3) is 3.90. The molecule has 0 amide bonds. The van der Waals surface area contributed by atoms with Gasteiger partial charge in [-0.3, -0.25) is 9.67 Å². The van der Waals surface area contributed by atoms with Crippen molar-refractivity contribution in [1.29, 1.82) is 0 Å². The van der Waals surface area contributed by atoms with Gasteiger partial charge in [-0.25, -0.2) is 4.98 Å². The van der Waals surface area contributed by atoms with Crippen LogP contribution in [0.15, 0.2) is 60.7 Å². The highest BCUT2D eigenvalue weighted by Gasteiger charge is 2.37. The molecule has 0 spiro atoms. The van der Waals surface area contributed by atoms with Crippen molar-refractivity contribution in [1.82, 2.24) is 19.7 Å². The molecule has 186 valence electrons. The van der Waals surface area contributed by atoms with Gasteiger partial charge in [0.1, 0.15) is 5.82 Å². The van der Waals surface area contributed by atoms with Crippen LogP contribution in [-0.2, 0) is 17.8 Å². The predicted molar refractivity (Wildman–Crippen MR) is 124 cm³/mol. The number of H-pyrrole nitrogens is 1. The van der Waals surface area contributed by atoms with E-state index in [4.69, 9.17) is 4.98 Å². The molecule has 0 saturated carbocycles. The molecule has 0 fully saturated rings. The number of benzene rings is 2. The largest absolute Gasteiger partial charge is 0.435 e. The van der Waals surface area contributed by atoms with E-state index in [0.29, 0.717) is 33.3 Å². The van der Waals surface area contributed by atoms with Gasteiger partial charge < -0.3 is 0 Å². The van der Waals surface area contributed by atoms with Crippen LogP contribution in [0.1, 0.15) is 42.1 Å². The first-order chi connectivity index (χ1) is 16.8. The van der Waals surface area contributed by atoms with Crippen molar-refractivity contribution in [2.45, 2.75) is 38.5 Å². The first-order valence-corrected chi connectivity index (χ1v) is 11.0. The number of aromatic nitrogens is 4. The van der Waals surface area contributed by atoms with Crippen LogP contribution in [0, 0.1) is 6.92 Å². The van der Waals surface area contributed by atoms with Crippen LogP contribution < -0.4 is 0 Å². The minimum atomic E-state index is -4.59. The van der Waals surface area contributed by atoms with Gasteiger partial charge in [-0.1, -0.05) is 17.7 Å². The Morgan fingerprint density at radius 2 is 1.42 bits per heavy atom. The van der Waals surface area contributed by atoms with Crippen molar-refractivity contribution < 1.29 is 26.3 Å². The molecular formula is C26H20F6N4. The number of alkyl halides is 6. The van der Waals surface area contributed by atoms with E-state index in [9.17, 15) is 26.3 Å². The van der Waals surface area contributed by atoms with E-state index in [0.717, 1.165) is 23.8 Å². The van der Waals surface area contributed by atoms with E-state index in [1.165, 1.54) is 6.07 Å². The Morgan fingerprint density at radius 1 is 0.750 bits per heavy atom. The van der Waals surface area contributed by atoms with Crippen molar-refractivity contribution in [2.75, 3.05) is 0 Å². The first kappa shape index (κ1) is 23.9. The second-order valence-corrected chi connectivity index (χ2v) is 9.26. The van der Waals surface area contributed by atoms with Gasteiger partial charge in [0.2, 0.25) is 0 Å². The van der Waals surface area contributed by atoms with Gasteiger partial charge in [-0.15, -0.1) is 0 Å². The summed E-state index contributed by atoms with van der Waals surface area (Å²) in [5.41, 5.74) is 0.0362. The average Bonchev–Trinajstić information content (AvgIpc) is 3.42. The Labute approximate surface area is 201 Å². The van der Waals surface area contributed by atoms with Gasteiger partial charge in [-0.05, 0) is 69.3 Å². The Morgan fingerprint density at radius 3 is 2.06 bits per heavy atom. The molecule has 0 aliphatic rings. The molecule has 10 heteroatoms. The Bertz CT molecular complexity index is 1600. The summed E-state index contributed by atoms with van der Waals surface area (Å²) >= 11 is 0. The van der Waals surface area contributed by atoms with Crippen LogP contribution in [0.25, 0.3) is 27.6 Å². The van der Waals surface area contributed by atoms with Gasteiger partial charge in [0.05, 0.1) is 22.3 Å². The zero-order valence-electron chi connectivity index (χ0n) is 19.4. The van der Waals surface area contributed by atoms with Crippen molar-refractivity contribution >= 4 is 21.8 Å². The zero-order valence-corrected chi connectivity index (χ0v) is 19.4. The number of aryl methyl sites for hydroxylation is 1. The third-order valence-electron chi connectivity index (χ3n) is 6.39. The average molecular weight is 502 g/mol. The van der Waals surface area contributed by atoms with Crippen LogP contribution >= 0.6 is 0 Å². The van der Waals surface area contributed by atoms with Crippen LogP contribution in [0.2, 0.25) is 0 Å². The molecular weight excluding hydrogens is 482 g/mol. The van der Waals surface area contributed by atoms with E-state index in [1.54, 1.807) is 36.6 Å². The molecule has 3 heterocycles. The molecule has 5 aromatic rings. The van der Waals surface area contributed by atoms with E-state index in [1.807, 2.05) is 25.1 Å². The molecule has 3 aromatic heterocycles. The number of fused-ring (bicyclic) bond motifs is 3. The summed E-state index contributed by atoms with van der Waals surface area (Å²) in [6.07, 6.45) is -9.08. The summed E-state index contributed by atoms with van der Waals surface area (Å²) in [4.78, 5) is 4.74. The number of pyridine rings is 1. The van der Waals surface area contributed by atoms with Crippen molar-refractivity contribution in [3.05, 3.63) is 88.9 Å². The fourth-order valence-electron chi connectivity index (χ4n) is 4.38. The lowest BCUT2D eigenvalue weighted by Gasteiger charge is -2.23. The third-order valence-corrected chi connectivity index (χ3v) is 6.39. The van der Waals surface area contributed by atoms with E-state index in [-0.39, 0.29) is 5.69 Å². The smallest absolute Gasteiger partial charge is 0.294 e. The standard InChI is InChI=1S/C26H20F6N4/c1-14-7-9-18-16(11-14)17-12-15(25(27,28)29)8-10-19(17)36(18)23-6-4-5-20(33-23)24(2,3)21-13-22(35-34-21)26(30,31)32/h4-13H,1-3H3,(H,34,35). The van der Waals surface area contributed by atoms with Crippen molar-refractivity contribution in [2.24, 2.45) is 0 Å². The fraction of sp³-hybridized carbons (Fsp3) is 0.231. The van der Waals surface area contributed by atoms with Gasteiger partial charge >= 0.3 is 12.4 Å². The molecule has 1 N–H and O–H groups in total. The number of nitrogens with zero attached hydrogens (tertiary/aromatic N) is 3. The molecule has 4 nitrogen and oxygen atoms in total. The molecule has 0 saturated heterocycles. The molecule has 0 bridgehead atoms. The zero-order chi connectivity index (χ0) is 26.0. The van der Waals surface area contributed by atoms with Gasteiger partial charge in [0.15, 0.2) is 5.69 Å². The molecule has 0 unspecified atom stereocenters. The summed E-state index contributed by atoms with van der Waals surface area (Å²) in [6, 6.07) is 15.2. The second-order valence-electron chi connectivity index (χ2n) is 9.26. The number of nitrogens with one attached hydrogen (secondary N) is 1. The highest BCUT2D eigenvalue weighted by atomic mass is 19.4. The second kappa shape index (κ2) is 7.84. The topological polar surface area (TPSA) is 46.5 Å². The Balaban J connectivity index is 1.70. The monoisotopic (exact) mass is 502 g/mol. The van der Waals surface area contributed by atoms with Crippen LogP contribution in [-0.4, -0.2) is 19.7 Å². The highest BCUT2D eigenvalue weighted by molar-refractivity contribution is 6.09. The van der Waals surface area contributed by atoms with Crippen molar-refractivity contribution in [3.8, 4) is 5.82 Å². The lowest BCUT2D eigenvalue weighted by atomic mass is 9.85. The first-order valence-electron chi connectivity index (χ1n) is 11.0. The molecule has 0 aliphatic carbocycles. The van der Waals surface area contributed by atoms with Crippen LogP contribution in [0.5, 0.6) is 0 Å². The number of hydrogen-bond donors (Lipinski definition) is 1. The minimum Gasteiger partial charge on any atom is -0.294 e. The maximum absolute atomic E-state index is 13.4. The summed E-state index contributed by atoms with van der Waals surface area (Å²) in [6.45, 7) is 5.30. The molecule has 0 radical (unpaired) electrons. The number of rotatable bonds is 3. The van der Waals surface area contributed by atoms with Crippen LogP contribution in [0.4, 0.5) is 26.3 Å². The lowest BCUT2D eigenvalue weighted by molar-refractivity contribution is -0.141. The lowest BCUT2D eigenvalue weighted by Crippen LogP contribution is -2.22. The molecule has 0 aliphatic heterocycles. The van der Waals surface area contributed by atoms with E-state index >= 15 is 0 Å². The Hall–Kier alpha value is -3.82. The maximum Gasteiger partial charge on any atom is 0.435 e. The maximum atomic E-state index is 13.4.